The van der Waals surface area contributed by atoms with Crippen LogP contribution in [0.5, 0.6) is 0 Å². The number of amides is 1. The van der Waals surface area contributed by atoms with Crippen molar-refractivity contribution in [3.63, 3.8) is 0 Å². The molecule has 0 radical (unpaired) electrons. The second-order valence-electron chi connectivity index (χ2n) is 5.44. The van der Waals surface area contributed by atoms with Crippen LogP contribution in [0.25, 0.3) is 21.3 Å². The Morgan fingerprint density at radius 1 is 1.08 bits per heavy atom. The molecule has 25 heavy (non-hydrogen) atoms. The first-order valence-corrected chi connectivity index (χ1v) is 8.42. The summed E-state index contributed by atoms with van der Waals surface area (Å²) in [5.74, 6) is 0.164. The van der Waals surface area contributed by atoms with Gasteiger partial charge < -0.3 is 5.32 Å². The molecule has 4 aromatic rings. The second-order valence-corrected chi connectivity index (χ2v) is 6.67. The van der Waals surface area contributed by atoms with Crippen LogP contribution in [0, 0.1) is 6.92 Å². The highest BCUT2D eigenvalue weighted by Crippen LogP contribution is 2.28. The number of aryl methyl sites for hydroxylation is 1. The van der Waals surface area contributed by atoms with Gasteiger partial charge >= 0.3 is 0 Å². The van der Waals surface area contributed by atoms with E-state index in [2.05, 4.69) is 25.5 Å². The summed E-state index contributed by atoms with van der Waals surface area (Å²) < 4.78 is 0. The summed E-state index contributed by atoms with van der Waals surface area (Å²) in [6.45, 7) is 1.98. The van der Waals surface area contributed by atoms with E-state index in [4.69, 9.17) is 0 Å². The number of rotatable bonds is 3. The number of carbonyl (C=O) groups is 1. The minimum absolute atomic E-state index is 0.245. The molecule has 0 bridgehead atoms. The smallest absolute Gasteiger partial charge is 0.256 e. The van der Waals surface area contributed by atoms with Gasteiger partial charge in [-0.05, 0) is 42.8 Å². The number of hydrogen-bond acceptors (Lipinski definition) is 6. The molecule has 0 atom stereocenters. The summed E-state index contributed by atoms with van der Waals surface area (Å²) in [4.78, 5) is 21.5. The first-order valence-electron chi connectivity index (χ1n) is 7.61. The van der Waals surface area contributed by atoms with Crippen LogP contribution in [0.15, 0.2) is 55.0 Å². The molecule has 0 fully saturated rings. The van der Waals surface area contributed by atoms with Gasteiger partial charge in [0.1, 0.15) is 0 Å². The van der Waals surface area contributed by atoms with E-state index < -0.39 is 0 Å². The summed E-state index contributed by atoms with van der Waals surface area (Å²) in [5.41, 5.74) is 2.36. The lowest BCUT2D eigenvalue weighted by Gasteiger charge is -2.05. The van der Waals surface area contributed by atoms with Gasteiger partial charge in [-0.15, -0.1) is 21.5 Å². The number of nitrogens with zero attached hydrogens (tertiary/aromatic N) is 4. The van der Waals surface area contributed by atoms with Crippen LogP contribution in [0.1, 0.15) is 15.4 Å². The molecule has 0 spiro atoms. The van der Waals surface area contributed by atoms with E-state index in [-0.39, 0.29) is 5.91 Å². The minimum Gasteiger partial charge on any atom is -0.305 e. The number of thiazole rings is 1. The topological polar surface area (TPSA) is 80.7 Å². The number of benzene rings is 1. The Kier molecular flexibility index (Phi) is 3.91. The molecule has 4 rings (SSSR count). The highest BCUT2D eigenvalue weighted by atomic mass is 32.1. The summed E-state index contributed by atoms with van der Waals surface area (Å²) in [6, 6.07) is 11.1. The molecule has 7 heteroatoms. The van der Waals surface area contributed by atoms with E-state index in [0.717, 1.165) is 26.4 Å². The molecular formula is C18H13N5OS. The Balaban J connectivity index is 1.66. The molecule has 0 unspecified atom stereocenters. The molecule has 0 aliphatic heterocycles. The van der Waals surface area contributed by atoms with Crippen LogP contribution < -0.4 is 5.32 Å². The Morgan fingerprint density at radius 2 is 1.92 bits per heavy atom. The largest absolute Gasteiger partial charge is 0.305 e. The second kappa shape index (κ2) is 6.37. The number of fused-ring (bicyclic) bond motifs is 1. The first-order chi connectivity index (χ1) is 12.2. The van der Waals surface area contributed by atoms with Crippen LogP contribution in [-0.4, -0.2) is 26.1 Å². The zero-order chi connectivity index (χ0) is 17.2. The predicted molar refractivity (Wildman–Crippen MR) is 97.6 cm³/mol. The number of anilines is 1. The number of pyridine rings is 1. The number of aromatic nitrogens is 4. The number of hydrogen-bond donors (Lipinski definition) is 1. The molecule has 1 aromatic carbocycles. The van der Waals surface area contributed by atoms with E-state index in [9.17, 15) is 4.79 Å². The van der Waals surface area contributed by atoms with Crippen LogP contribution in [0.2, 0.25) is 0 Å². The maximum atomic E-state index is 12.2. The predicted octanol–water partition coefficient (Wildman–Crippen LogP) is 3.71. The van der Waals surface area contributed by atoms with Crippen molar-refractivity contribution in [2.75, 3.05) is 5.32 Å². The van der Waals surface area contributed by atoms with Gasteiger partial charge in [-0.3, -0.25) is 9.78 Å². The van der Waals surface area contributed by atoms with Crippen molar-refractivity contribution in [2.45, 2.75) is 6.92 Å². The lowest BCUT2D eigenvalue weighted by molar-refractivity contribution is 0.102. The van der Waals surface area contributed by atoms with E-state index in [1.807, 2.05) is 37.4 Å². The average molecular weight is 347 g/mol. The molecule has 122 valence electrons. The maximum Gasteiger partial charge on any atom is 0.256 e. The zero-order valence-corrected chi connectivity index (χ0v) is 14.1. The van der Waals surface area contributed by atoms with Gasteiger partial charge in [-0.2, -0.15) is 0 Å². The normalized spacial score (nSPS) is 10.8. The lowest BCUT2D eigenvalue weighted by atomic mass is 10.1. The molecule has 0 aliphatic rings. The van der Waals surface area contributed by atoms with Crippen LogP contribution in [0.4, 0.5) is 5.82 Å². The molecular weight excluding hydrogens is 334 g/mol. The highest BCUT2D eigenvalue weighted by Gasteiger charge is 2.09. The third-order valence-electron chi connectivity index (χ3n) is 3.68. The van der Waals surface area contributed by atoms with Gasteiger partial charge in [0.15, 0.2) is 5.82 Å². The van der Waals surface area contributed by atoms with Crippen molar-refractivity contribution in [1.29, 1.82) is 0 Å². The van der Waals surface area contributed by atoms with Gasteiger partial charge in [-0.1, -0.05) is 6.07 Å². The van der Waals surface area contributed by atoms with Gasteiger partial charge in [0, 0.05) is 29.5 Å². The Labute approximate surface area is 147 Å². The standard InChI is InChI=1S/C18H13N5OS/c1-11-20-10-16(25-11)13-2-3-15-14(8-13)9-17(23-22-15)21-18(24)12-4-6-19-7-5-12/h2-10H,1H3,(H,21,23,24). The summed E-state index contributed by atoms with van der Waals surface area (Å²) in [5, 5.41) is 12.9. The van der Waals surface area contributed by atoms with Gasteiger partial charge in [0.25, 0.3) is 5.91 Å². The Morgan fingerprint density at radius 3 is 2.68 bits per heavy atom. The fraction of sp³-hybridized carbons (Fsp3) is 0.0556. The minimum atomic E-state index is -0.245. The Bertz CT molecular complexity index is 1060. The molecule has 0 aliphatic carbocycles. The number of nitrogens with one attached hydrogen (secondary N) is 1. The summed E-state index contributed by atoms with van der Waals surface area (Å²) in [6.07, 6.45) is 5.01. The van der Waals surface area contributed by atoms with E-state index in [0.29, 0.717) is 11.4 Å². The average Bonchev–Trinajstić information content (AvgIpc) is 3.08. The van der Waals surface area contributed by atoms with Crippen molar-refractivity contribution < 1.29 is 4.79 Å². The van der Waals surface area contributed by atoms with Crippen molar-refractivity contribution in [2.24, 2.45) is 0 Å². The summed E-state index contributed by atoms with van der Waals surface area (Å²) >= 11 is 1.64. The third kappa shape index (κ3) is 3.22. The molecule has 1 amide bonds. The van der Waals surface area contributed by atoms with Crippen molar-refractivity contribution in [3.8, 4) is 10.4 Å². The third-order valence-corrected chi connectivity index (χ3v) is 4.64. The van der Waals surface area contributed by atoms with E-state index in [1.165, 1.54) is 0 Å². The van der Waals surface area contributed by atoms with Crippen molar-refractivity contribution in [3.05, 3.63) is 65.6 Å². The number of carbonyl (C=O) groups excluding carboxylic acids is 1. The SMILES string of the molecule is Cc1ncc(-c2ccc3nnc(NC(=O)c4ccncc4)cc3c2)s1. The molecule has 0 saturated heterocycles. The van der Waals surface area contributed by atoms with Crippen LogP contribution in [0.3, 0.4) is 0 Å². The maximum absolute atomic E-state index is 12.2. The molecule has 0 saturated carbocycles. The van der Waals surface area contributed by atoms with Crippen molar-refractivity contribution in [1.82, 2.24) is 20.2 Å². The van der Waals surface area contributed by atoms with Crippen molar-refractivity contribution >= 4 is 34.0 Å². The molecule has 6 nitrogen and oxygen atoms in total. The van der Waals surface area contributed by atoms with E-state index in [1.54, 1.807) is 35.9 Å². The van der Waals surface area contributed by atoms with Gasteiger partial charge in [0.05, 0.1) is 15.4 Å². The molecule has 3 aromatic heterocycles. The molecule has 1 N–H and O–H groups in total. The van der Waals surface area contributed by atoms with Gasteiger partial charge in [-0.25, -0.2) is 4.98 Å². The van der Waals surface area contributed by atoms with Crippen LogP contribution in [-0.2, 0) is 0 Å². The molecule has 3 heterocycles. The van der Waals surface area contributed by atoms with E-state index >= 15 is 0 Å². The monoisotopic (exact) mass is 347 g/mol. The van der Waals surface area contributed by atoms with Crippen LogP contribution >= 0.6 is 11.3 Å². The quantitative estimate of drug-likeness (QED) is 0.611. The first kappa shape index (κ1) is 15.3. The Hall–Kier alpha value is -3.19. The lowest BCUT2D eigenvalue weighted by Crippen LogP contribution is -2.13. The zero-order valence-electron chi connectivity index (χ0n) is 13.3. The fourth-order valence-electron chi connectivity index (χ4n) is 2.45. The fourth-order valence-corrected chi connectivity index (χ4v) is 3.22. The van der Waals surface area contributed by atoms with Gasteiger partial charge in [0.2, 0.25) is 0 Å². The summed E-state index contributed by atoms with van der Waals surface area (Å²) in [7, 11) is 0. The highest BCUT2D eigenvalue weighted by molar-refractivity contribution is 7.15.